The smallest absolute Gasteiger partial charge is 0.329 e. The zero-order valence-corrected chi connectivity index (χ0v) is 8.18. The van der Waals surface area contributed by atoms with Crippen molar-refractivity contribution in [2.24, 2.45) is 11.8 Å². The Balaban J connectivity index is 2.21. The van der Waals surface area contributed by atoms with Crippen LogP contribution in [-0.4, -0.2) is 12.1 Å². The van der Waals surface area contributed by atoms with E-state index in [2.05, 4.69) is 17.7 Å². The lowest BCUT2D eigenvalue weighted by Crippen LogP contribution is -2.46. The number of amides is 2. The van der Waals surface area contributed by atoms with E-state index >= 15 is 0 Å². The van der Waals surface area contributed by atoms with Crippen molar-refractivity contribution in [2.75, 3.05) is 0 Å². The van der Waals surface area contributed by atoms with E-state index in [1.54, 1.807) is 0 Å². The van der Waals surface area contributed by atoms with Crippen LogP contribution in [-0.2, 0) is 0 Å². The highest BCUT2D eigenvalue weighted by Gasteiger charge is 2.20. The minimum absolute atomic E-state index is 0.264. The van der Waals surface area contributed by atoms with Crippen LogP contribution in [0.25, 0.3) is 0 Å². The average Bonchev–Trinajstić information content (AvgIpc) is 2.19. The van der Waals surface area contributed by atoms with Crippen molar-refractivity contribution < 1.29 is 4.79 Å². The molecule has 4 nitrogen and oxygen atoms in total. The van der Waals surface area contributed by atoms with Gasteiger partial charge < -0.3 is 5.32 Å². The Bertz CT molecular complexity index is 164. The first-order chi connectivity index (χ1) is 6.26. The van der Waals surface area contributed by atoms with Crippen molar-refractivity contribution in [1.29, 1.82) is 0 Å². The molecule has 13 heavy (non-hydrogen) atoms. The van der Waals surface area contributed by atoms with E-state index in [1.807, 2.05) is 0 Å². The van der Waals surface area contributed by atoms with Crippen LogP contribution in [0, 0.1) is 5.92 Å². The van der Waals surface area contributed by atoms with Crippen LogP contribution in [0.15, 0.2) is 0 Å². The molecule has 0 aromatic carbocycles. The quantitative estimate of drug-likeness (QED) is 0.343. The lowest BCUT2D eigenvalue weighted by Gasteiger charge is -2.28. The van der Waals surface area contributed by atoms with Gasteiger partial charge >= 0.3 is 6.03 Å². The summed E-state index contributed by atoms with van der Waals surface area (Å²) in [5.41, 5.74) is 2.09. The first-order valence-corrected chi connectivity index (χ1v) is 5.03. The molecular weight excluding hydrogens is 166 g/mol. The molecule has 0 heterocycles. The summed E-state index contributed by atoms with van der Waals surface area (Å²) in [7, 11) is 0. The molecule has 1 aliphatic carbocycles. The standard InChI is InChI=1S/C9H19N3O/c1-2-7-3-5-8(6-4-7)11-9(13)12-10/h7-8H,2-6,10H2,1H3,(H2,11,12,13). The summed E-state index contributed by atoms with van der Waals surface area (Å²) < 4.78 is 0. The van der Waals surface area contributed by atoms with E-state index in [9.17, 15) is 4.79 Å². The number of urea groups is 1. The van der Waals surface area contributed by atoms with E-state index in [0.29, 0.717) is 6.04 Å². The largest absolute Gasteiger partial charge is 0.334 e. The summed E-state index contributed by atoms with van der Waals surface area (Å²) in [6.45, 7) is 2.23. The normalized spacial score (nSPS) is 28.2. The number of hydrazine groups is 1. The summed E-state index contributed by atoms with van der Waals surface area (Å²) in [5.74, 6) is 5.84. The topological polar surface area (TPSA) is 67.2 Å². The van der Waals surface area contributed by atoms with Crippen molar-refractivity contribution in [2.45, 2.75) is 45.1 Å². The van der Waals surface area contributed by atoms with Gasteiger partial charge in [0.1, 0.15) is 0 Å². The molecule has 0 radical (unpaired) electrons. The molecule has 1 saturated carbocycles. The van der Waals surface area contributed by atoms with E-state index in [4.69, 9.17) is 5.84 Å². The maximum atomic E-state index is 10.9. The fourth-order valence-corrected chi connectivity index (χ4v) is 1.94. The van der Waals surface area contributed by atoms with Gasteiger partial charge in [-0.3, -0.25) is 5.43 Å². The number of carbonyl (C=O) groups excluding carboxylic acids is 1. The molecule has 2 amide bonds. The minimum Gasteiger partial charge on any atom is -0.334 e. The third-order valence-corrected chi connectivity index (χ3v) is 2.89. The Hall–Kier alpha value is -0.770. The van der Waals surface area contributed by atoms with Crippen LogP contribution in [0.1, 0.15) is 39.0 Å². The predicted octanol–water partition coefficient (Wildman–Crippen LogP) is 1.13. The van der Waals surface area contributed by atoms with Crippen molar-refractivity contribution in [3.63, 3.8) is 0 Å². The number of hydrogen-bond donors (Lipinski definition) is 3. The van der Waals surface area contributed by atoms with Gasteiger partial charge in [-0.15, -0.1) is 0 Å². The molecule has 1 fully saturated rings. The second kappa shape index (κ2) is 5.07. The zero-order valence-electron chi connectivity index (χ0n) is 8.18. The minimum atomic E-state index is -0.264. The fraction of sp³-hybridized carbons (Fsp3) is 0.889. The monoisotopic (exact) mass is 185 g/mol. The second-order valence-electron chi connectivity index (χ2n) is 3.74. The molecule has 0 unspecified atom stereocenters. The van der Waals surface area contributed by atoms with E-state index in [-0.39, 0.29) is 6.03 Å². The average molecular weight is 185 g/mol. The van der Waals surface area contributed by atoms with Crippen LogP contribution >= 0.6 is 0 Å². The Morgan fingerprint density at radius 1 is 1.38 bits per heavy atom. The molecule has 0 aromatic heterocycles. The van der Waals surface area contributed by atoms with Gasteiger partial charge in [0.25, 0.3) is 0 Å². The lowest BCUT2D eigenvalue weighted by atomic mass is 9.85. The lowest BCUT2D eigenvalue weighted by molar-refractivity contribution is 0.226. The van der Waals surface area contributed by atoms with Crippen molar-refractivity contribution in [1.82, 2.24) is 10.7 Å². The summed E-state index contributed by atoms with van der Waals surface area (Å²) in [6, 6.07) is 0.0614. The zero-order chi connectivity index (χ0) is 9.68. The number of rotatable bonds is 2. The highest BCUT2D eigenvalue weighted by molar-refractivity contribution is 5.73. The number of hydrogen-bond acceptors (Lipinski definition) is 2. The van der Waals surface area contributed by atoms with Crippen LogP contribution in [0.2, 0.25) is 0 Å². The molecule has 0 aromatic rings. The molecule has 4 heteroatoms. The van der Waals surface area contributed by atoms with E-state index in [1.165, 1.54) is 19.3 Å². The van der Waals surface area contributed by atoms with Gasteiger partial charge in [-0.25, -0.2) is 10.6 Å². The Morgan fingerprint density at radius 2 is 2.00 bits per heavy atom. The molecule has 1 rings (SSSR count). The van der Waals surface area contributed by atoms with Crippen molar-refractivity contribution in [3.05, 3.63) is 0 Å². The maximum Gasteiger partial charge on any atom is 0.329 e. The summed E-state index contributed by atoms with van der Waals surface area (Å²) in [6.07, 6.45) is 5.89. The highest BCUT2D eigenvalue weighted by atomic mass is 16.2. The SMILES string of the molecule is CCC1CCC(NC(=O)NN)CC1. The van der Waals surface area contributed by atoms with E-state index < -0.39 is 0 Å². The van der Waals surface area contributed by atoms with Crippen LogP contribution in [0.5, 0.6) is 0 Å². The van der Waals surface area contributed by atoms with Gasteiger partial charge in [0.2, 0.25) is 0 Å². The first-order valence-electron chi connectivity index (χ1n) is 5.03. The predicted molar refractivity (Wildman–Crippen MR) is 51.9 cm³/mol. The Kier molecular flexibility index (Phi) is 4.02. The van der Waals surface area contributed by atoms with Crippen molar-refractivity contribution in [3.8, 4) is 0 Å². The number of carbonyl (C=O) groups is 1. The van der Waals surface area contributed by atoms with E-state index in [0.717, 1.165) is 18.8 Å². The molecule has 0 atom stereocenters. The van der Waals surface area contributed by atoms with Crippen molar-refractivity contribution >= 4 is 6.03 Å². The summed E-state index contributed by atoms with van der Waals surface area (Å²) >= 11 is 0. The van der Waals surface area contributed by atoms with Gasteiger partial charge in [0.05, 0.1) is 0 Å². The Morgan fingerprint density at radius 3 is 2.46 bits per heavy atom. The van der Waals surface area contributed by atoms with Gasteiger partial charge in [-0.1, -0.05) is 13.3 Å². The molecule has 0 spiro atoms. The molecule has 0 saturated heterocycles. The van der Waals surface area contributed by atoms with Gasteiger partial charge in [0.15, 0.2) is 0 Å². The van der Waals surface area contributed by atoms with Gasteiger partial charge in [-0.05, 0) is 31.6 Å². The Labute approximate surface area is 79.2 Å². The summed E-state index contributed by atoms with van der Waals surface area (Å²) in [5, 5.41) is 2.84. The maximum absolute atomic E-state index is 10.9. The molecule has 0 aliphatic heterocycles. The van der Waals surface area contributed by atoms with Crippen LogP contribution < -0.4 is 16.6 Å². The molecule has 1 aliphatic rings. The molecule has 76 valence electrons. The third kappa shape index (κ3) is 3.22. The van der Waals surface area contributed by atoms with Crippen LogP contribution in [0.4, 0.5) is 4.79 Å². The second-order valence-corrected chi connectivity index (χ2v) is 3.74. The van der Waals surface area contributed by atoms with Gasteiger partial charge in [0, 0.05) is 6.04 Å². The number of nitrogens with one attached hydrogen (secondary N) is 2. The molecule has 4 N–H and O–H groups in total. The van der Waals surface area contributed by atoms with Crippen LogP contribution in [0.3, 0.4) is 0 Å². The third-order valence-electron chi connectivity index (χ3n) is 2.89. The molecular formula is C9H19N3O. The van der Waals surface area contributed by atoms with Gasteiger partial charge in [-0.2, -0.15) is 0 Å². The first kappa shape index (κ1) is 10.3. The highest BCUT2D eigenvalue weighted by Crippen LogP contribution is 2.26. The number of nitrogens with two attached hydrogens (primary N) is 1. The molecule has 0 bridgehead atoms. The summed E-state index contributed by atoms with van der Waals surface area (Å²) in [4.78, 5) is 10.9. The fourth-order valence-electron chi connectivity index (χ4n) is 1.94.